The molecule has 1 heterocycles. The van der Waals surface area contributed by atoms with E-state index in [0.717, 1.165) is 11.3 Å². The lowest BCUT2D eigenvalue weighted by Gasteiger charge is -1.96. The van der Waals surface area contributed by atoms with Gasteiger partial charge in [-0.15, -0.1) is 0 Å². The topological polar surface area (TPSA) is 71.8 Å². The zero-order valence-electron chi connectivity index (χ0n) is 8.81. The Kier molecular flexibility index (Phi) is 3.43. The number of carbonyl (C=O) groups excluding carboxylic acids is 1. The summed E-state index contributed by atoms with van der Waals surface area (Å²) in [7, 11) is 0. The van der Waals surface area contributed by atoms with Crippen LogP contribution in [0, 0.1) is 5.82 Å². The Morgan fingerprint density at radius 3 is 2.76 bits per heavy atom. The van der Waals surface area contributed by atoms with E-state index in [0.29, 0.717) is 5.16 Å². The minimum atomic E-state index is -0.394. The molecule has 0 bridgehead atoms. The van der Waals surface area contributed by atoms with E-state index < -0.39 is 5.91 Å². The molecular weight excluding hydrogens is 241 g/mol. The second kappa shape index (κ2) is 5.01. The molecule has 6 heteroatoms. The van der Waals surface area contributed by atoms with Crippen molar-refractivity contribution >= 4 is 17.7 Å². The Morgan fingerprint density at radius 1 is 1.41 bits per heavy atom. The van der Waals surface area contributed by atoms with Gasteiger partial charge in [0.2, 0.25) is 5.91 Å². The number of H-pyrrole nitrogens is 1. The Hall–Kier alpha value is -1.82. The number of primary amides is 1. The molecule has 2 aromatic rings. The first-order valence-electron chi connectivity index (χ1n) is 4.87. The molecule has 0 saturated carbocycles. The highest BCUT2D eigenvalue weighted by molar-refractivity contribution is 7.99. The molecular formula is C11H10FN3OS. The molecule has 1 aromatic heterocycles. The molecule has 0 saturated heterocycles. The van der Waals surface area contributed by atoms with E-state index in [1.165, 1.54) is 23.9 Å². The lowest BCUT2D eigenvalue weighted by atomic mass is 10.2. The number of nitrogens with two attached hydrogens (primary N) is 1. The number of carbonyl (C=O) groups is 1. The van der Waals surface area contributed by atoms with Crippen LogP contribution in [0.2, 0.25) is 0 Å². The van der Waals surface area contributed by atoms with E-state index in [4.69, 9.17) is 5.73 Å². The average molecular weight is 251 g/mol. The van der Waals surface area contributed by atoms with E-state index in [1.807, 2.05) is 0 Å². The van der Waals surface area contributed by atoms with Crippen LogP contribution < -0.4 is 5.73 Å². The van der Waals surface area contributed by atoms with Crippen molar-refractivity contribution in [3.05, 3.63) is 36.3 Å². The summed E-state index contributed by atoms with van der Waals surface area (Å²) in [4.78, 5) is 17.7. The van der Waals surface area contributed by atoms with Gasteiger partial charge in [0.15, 0.2) is 5.16 Å². The van der Waals surface area contributed by atoms with E-state index in [2.05, 4.69) is 9.97 Å². The highest BCUT2D eigenvalue weighted by Crippen LogP contribution is 2.21. The van der Waals surface area contributed by atoms with Crippen molar-refractivity contribution in [1.82, 2.24) is 9.97 Å². The number of halogens is 1. The van der Waals surface area contributed by atoms with Gasteiger partial charge in [-0.3, -0.25) is 4.79 Å². The Bertz CT molecular complexity index is 524. The standard InChI is InChI=1S/C11H10FN3OS/c12-8-3-1-7(2-4-8)9-5-14-11(15-9)17-6-10(13)16/h1-5H,6H2,(H2,13,16)(H,14,15). The molecule has 0 aliphatic carbocycles. The van der Waals surface area contributed by atoms with Crippen LogP contribution in [-0.2, 0) is 4.79 Å². The number of thioether (sulfide) groups is 1. The van der Waals surface area contributed by atoms with Crippen LogP contribution in [-0.4, -0.2) is 21.6 Å². The summed E-state index contributed by atoms with van der Waals surface area (Å²) < 4.78 is 12.7. The van der Waals surface area contributed by atoms with Crippen LogP contribution in [0.5, 0.6) is 0 Å². The molecule has 0 spiro atoms. The van der Waals surface area contributed by atoms with Crippen molar-refractivity contribution in [2.45, 2.75) is 5.16 Å². The predicted molar refractivity (Wildman–Crippen MR) is 63.9 cm³/mol. The summed E-state index contributed by atoms with van der Waals surface area (Å²) in [5, 5.41) is 0.614. The third kappa shape index (κ3) is 3.07. The summed E-state index contributed by atoms with van der Waals surface area (Å²) in [6, 6.07) is 6.08. The van der Waals surface area contributed by atoms with Gasteiger partial charge in [-0.25, -0.2) is 9.37 Å². The van der Waals surface area contributed by atoms with Gasteiger partial charge >= 0.3 is 0 Å². The lowest BCUT2D eigenvalue weighted by molar-refractivity contribution is -0.115. The molecule has 1 amide bonds. The molecule has 0 aliphatic heterocycles. The molecule has 88 valence electrons. The number of nitrogens with one attached hydrogen (secondary N) is 1. The molecule has 17 heavy (non-hydrogen) atoms. The number of amides is 1. The number of hydrogen-bond acceptors (Lipinski definition) is 3. The number of benzene rings is 1. The number of rotatable bonds is 4. The van der Waals surface area contributed by atoms with Crippen LogP contribution in [0.4, 0.5) is 4.39 Å². The van der Waals surface area contributed by atoms with Crippen LogP contribution in [0.3, 0.4) is 0 Å². The molecule has 4 nitrogen and oxygen atoms in total. The average Bonchev–Trinajstić information content (AvgIpc) is 2.76. The molecule has 0 radical (unpaired) electrons. The van der Waals surface area contributed by atoms with Gasteiger partial charge in [-0.2, -0.15) is 0 Å². The fourth-order valence-electron chi connectivity index (χ4n) is 1.29. The van der Waals surface area contributed by atoms with Crippen molar-refractivity contribution in [1.29, 1.82) is 0 Å². The molecule has 0 aliphatic rings. The Morgan fingerprint density at radius 2 is 2.12 bits per heavy atom. The van der Waals surface area contributed by atoms with E-state index >= 15 is 0 Å². The van der Waals surface area contributed by atoms with Crippen LogP contribution >= 0.6 is 11.8 Å². The van der Waals surface area contributed by atoms with Gasteiger partial charge in [-0.05, 0) is 29.8 Å². The normalized spacial score (nSPS) is 10.4. The highest BCUT2D eigenvalue weighted by atomic mass is 32.2. The fourth-order valence-corrected chi connectivity index (χ4v) is 1.88. The van der Waals surface area contributed by atoms with Crippen molar-refractivity contribution in [2.75, 3.05) is 5.75 Å². The zero-order chi connectivity index (χ0) is 12.3. The number of hydrogen-bond donors (Lipinski definition) is 2. The van der Waals surface area contributed by atoms with E-state index in [-0.39, 0.29) is 11.6 Å². The molecule has 3 N–H and O–H groups in total. The summed E-state index contributed by atoms with van der Waals surface area (Å²) in [6.07, 6.45) is 1.64. The van der Waals surface area contributed by atoms with Gasteiger partial charge in [0, 0.05) is 0 Å². The van der Waals surface area contributed by atoms with E-state index in [9.17, 15) is 9.18 Å². The summed E-state index contributed by atoms with van der Waals surface area (Å²) in [5.74, 6) is -0.498. The Labute approximate surface area is 101 Å². The smallest absolute Gasteiger partial charge is 0.227 e. The molecule has 0 atom stereocenters. The van der Waals surface area contributed by atoms with Gasteiger partial charge in [0.1, 0.15) is 5.82 Å². The second-order valence-electron chi connectivity index (χ2n) is 3.36. The van der Waals surface area contributed by atoms with Crippen molar-refractivity contribution in [3.63, 3.8) is 0 Å². The SMILES string of the molecule is NC(=O)CSc1ncc(-c2ccc(F)cc2)[nH]1. The fraction of sp³-hybridized carbons (Fsp3) is 0.0909. The van der Waals surface area contributed by atoms with E-state index in [1.54, 1.807) is 18.3 Å². The van der Waals surface area contributed by atoms with Gasteiger partial charge < -0.3 is 10.7 Å². The van der Waals surface area contributed by atoms with Crippen molar-refractivity contribution in [3.8, 4) is 11.3 Å². The van der Waals surface area contributed by atoms with Crippen LogP contribution in [0.1, 0.15) is 0 Å². The van der Waals surface area contributed by atoms with Crippen LogP contribution in [0.15, 0.2) is 35.6 Å². The van der Waals surface area contributed by atoms with Gasteiger partial charge in [0.05, 0.1) is 17.6 Å². The summed E-state index contributed by atoms with van der Waals surface area (Å²) >= 11 is 1.23. The van der Waals surface area contributed by atoms with Crippen molar-refractivity contribution < 1.29 is 9.18 Å². The summed E-state index contributed by atoms with van der Waals surface area (Å²) in [5.41, 5.74) is 6.64. The number of aromatic amines is 1. The first kappa shape index (κ1) is 11.7. The maximum atomic E-state index is 12.7. The minimum absolute atomic E-state index is 0.177. The third-order valence-electron chi connectivity index (χ3n) is 2.06. The number of aromatic nitrogens is 2. The lowest BCUT2D eigenvalue weighted by Crippen LogP contribution is -2.13. The second-order valence-corrected chi connectivity index (χ2v) is 4.33. The predicted octanol–water partition coefficient (Wildman–Crippen LogP) is 1.79. The highest BCUT2D eigenvalue weighted by Gasteiger charge is 2.05. The molecule has 0 unspecified atom stereocenters. The first-order valence-corrected chi connectivity index (χ1v) is 5.86. The zero-order valence-corrected chi connectivity index (χ0v) is 9.63. The quantitative estimate of drug-likeness (QED) is 0.814. The maximum Gasteiger partial charge on any atom is 0.227 e. The molecule has 2 rings (SSSR count). The molecule has 0 fully saturated rings. The van der Waals surface area contributed by atoms with Gasteiger partial charge in [0.25, 0.3) is 0 Å². The number of imidazole rings is 1. The van der Waals surface area contributed by atoms with Crippen LogP contribution in [0.25, 0.3) is 11.3 Å². The minimum Gasteiger partial charge on any atom is -0.369 e. The largest absolute Gasteiger partial charge is 0.369 e. The number of nitrogens with zero attached hydrogens (tertiary/aromatic N) is 1. The third-order valence-corrected chi connectivity index (χ3v) is 2.97. The first-order chi connectivity index (χ1) is 8.15. The van der Waals surface area contributed by atoms with Gasteiger partial charge in [-0.1, -0.05) is 11.8 Å². The Balaban J connectivity index is 2.12. The maximum absolute atomic E-state index is 12.7. The summed E-state index contributed by atoms with van der Waals surface area (Å²) in [6.45, 7) is 0. The monoisotopic (exact) mass is 251 g/mol. The van der Waals surface area contributed by atoms with Crippen molar-refractivity contribution in [2.24, 2.45) is 5.73 Å². The molecule has 1 aromatic carbocycles.